The molecule has 2 aliphatic heterocycles. The van der Waals surface area contributed by atoms with E-state index < -0.39 is 11.0 Å². The molecule has 12 nitrogen and oxygen atoms in total. The Morgan fingerprint density at radius 1 is 0.782 bits per heavy atom. The summed E-state index contributed by atoms with van der Waals surface area (Å²) in [4.78, 5) is 47.1. The molecule has 0 aliphatic carbocycles. The summed E-state index contributed by atoms with van der Waals surface area (Å²) in [5.41, 5.74) is 1.92. The summed E-state index contributed by atoms with van der Waals surface area (Å²) in [7, 11) is 1.64. The molecule has 1 fully saturated rings. The maximum absolute atomic E-state index is 14.3. The number of hydrogen-bond donors (Lipinski definition) is 0. The summed E-state index contributed by atoms with van der Waals surface area (Å²) in [5.74, 6) is 1.20. The highest BCUT2D eigenvalue weighted by molar-refractivity contribution is 5.80. The van der Waals surface area contributed by atoms with Crippen molar-refractivity contribution in [2.75, 3.05) is 53.3 Å². The van der Waals surface area contributed by atoms with E-state index in [0.717, 1.165) is 107 Å². The van der Waals surface area contributed by atoms with Crippen molar-refractivity contribution in [1.82, 2.24) is 9.80 Å². The fourth-order valence-electron chi connectivity index (χ4n) is 7.77. The highest BCUT2D eigenvalue weighted by Crippen LogP contribution is 2.48. The average Bonchev–Trinajstić information content (AvgIpc) is 3.82. The molecule has 55 heavy (non-hydrogen) atoms. The quantitative estimate of drug-likeness (QED) is 0.0358. The molecular weight excluding hydrogens is 702 g/mol. The Labute approximate surface area is 328 Å². The number of fused-ring (bicyclic) bond motifs is 1. The summed E-state index contributed by atoms with van der Waals surface area (Å²) in [6, 6.07) is 13.4. The van der Waals surface area contributed by atoms with Gasteiger partial charge in [-0.1, -0.05) is 109 Å². The van der Waals surface area contributed by atoms with Crippen molar-refractivity contribution in [3.05, 3.63) is 63.7 Å². The first-order chi connectivity index (χ1) is 26.9. The molecular formula is C43H65N3O9. The molecule has 12 heteroatoms. The Kier molecular flexibility index (Phi) is 19.4. The van der Waals surface area contributed by atoms with Crippen molar-refractivity contribution in [2.24, 2.45) is 5.92 Å². The van der Waals surface area contributed by atoms with Crippen molar-refractivity contribution in [3.8, 4) is 17.2 Å². The van der Waals surface area contributed by atoms with Gasteiger partial charge in [-0.2, -0.15) is 0 Å². The van der Waals surface area contributed by atoms with Gasteiger partial charge in [0.25, 0.3) is 5.09 Å². The van der Waals surface area contributed by atoms with Gasteiger partial charge in [0.15, 0.2) is 11.5 Å². The molecule has 2 aromatic carbocycles. The Bertz CT molecular complexity index is 1430. The van der Waals surface area contributed by atoms with Crippen molar-refractivity contribution in [2.45, 2.75) is 129 Å². The highest BCUT2D eigenvalue weighted by atomic mass is 16.9. The maximum Gasteiger partial charge on any atom is 0.311 e. The van der Waals surface area contributed by atoms with E-state index in [1.807, 2.05) is 47.4 Å². The molecule has 0 bridgehead atoms. The van der Waals surface area contributed by atoms with E-state index >= 15 is 0 Å². The van der Waals surface area contributed by atoms with Gasteiger partial charge >= 0.3 is 5.97 Å². The first kappa shape index (κ1) is 43.7. The molecule has 2 aliphatic rings. The number of methoxy groups -OCH3 is 1. The molecule has 0 N–H and O–H groups in total. The number of likely N-dealkylation sites (tertiary alicyclic amines) is 1. The van der Waals surface area contributed by atoms with Crippen molar-refractivity contribution < 1.29 is 38.5 Å². The topological polar surface area (TPSA) is 130 Å². The summed E-state index contributed by atoms with van der Waals surface area (Å²) in [6.45, 7) is 7.24. The van der Waals surface area contributed by atoms with Gasteiger partial charge in [-0.05, 0) is 61.1 Å². The standard InChI is InChI=1S/C43H65N3O9/c1-4-6-26-44(27-7-5-2)40(47)32-45-31-37(35-22-25-38-39(30-35)54-33-53-38)41(42(45)34-20-23-36(51-3)24-21-34)43(48)52-28-18-16-14-12-10-8-9-11-13-15-17-19-29-55-46(49)50/h20-25,30,37,41-42H,4-19,26-29,31-33H2,1-3H3/t37-,41-,42+/m1/s1. The van der Waals surface area contributed by atoms with Crippen LogP contribution in [0.2, 0.25) is 0 Å². The third kappa shape index (κ3) is 14.2. The third-order valence-corrected chi connectivity index (χ3v) is 10.9. The lowest BCUT2D eigenvalue weighted by molar-refractivity contribution is -0.757. The van der Waals surface area contributed by atoms with Crippen LogP contribution in [0.15, 0.2) is 42.5 Å². The number of carbonyl (C=O) groups excluding carboxylic acids is 2. The Morgan fingerprint density at radius 3 is 1.93 bits per heavy atom. The predicted molar refractivity (Wildman–Crippen MR) is 212 cm³/mol. The van der Waals surface area contributed by atoms with E-state index in [1.165, 1.54) is 25.7 Å². The van der Waals surface area contributed by atoms with Crippen LogP contribution in [-0.4, -0.2) is 80.1 Å². The van der Waals surface area contributed by atoms with Gasteiger partial charge in [0.2, 0.25) is 12.7 Å². The zero-order valence-electron chi connectivity index (χ0n) is 33.6. The molecule has 2 heterocycles. The van der Waals surface area contributed by atoms with Gasteiger partial charge in [0.1, 0.15) is 5.75 Å². The minimum Gasteiger partial charge on any atom is -0.497 e. The number of carbonyl (C=O) groups is 2. The average molecular weight is 768 g/mol. The monoisotopic (exact) mass is 767 g/mol. The van der Waals surface area contributed by atoms with Crippen molar-refractivity contribution in [1.29, 1.82) is 0 Å². The molecule has 4 rings (SSSR count). The highest BCUT2D eigenvalue weighted by Gasteiger charge is 2.49. The number of rotatable bonds is 28. The molecule has 306 valence electrons. The lowest BCUT2D eigenvalue weighted by Gasteiger charge is -2.30. The van der Waals surface area contributed by atoms with Gasteiger partial charge in [-0.25, -0.2) is 0 Å². The summed E-state index contributed by atoms with van der Waals surface area (Å²) in [5, 5.41) is 9.48. The van der Waals surface area contributed by atoms with Gasteiger partial charge < -0.3 is 28.7 Å². The minimum absolute atomic E-state index is 0.0943. The number of ether oxygens (including phenoxy) is 4. The Balaban J connectivity index is 1.37. The Morgan fingerprint density at radius 2 is 1.35 bits per heavy atom. The predicted octanol–water partition coefficient (Wildman–Crippen LogP) is 9.04. The van der Waals surface area contributed by atoms with Crippen LogP contribution in [0, 0.1) is 16.0 Å². The van der Waals surface area contributed by atoms with Crippen LogP contribution in [0.3, 0.4) is 0 Å². The van der Waals surface area contributed by atoms with Crippen molar-refractivity contribution >= 4 is 11.9 Å². The van der Waals surface area contributed by atoms with Gasteiger partial charge in [-0.3, -0.25) is 14.5 Å². The second-order valence-electron chi connectivity index (χ2n) is 14.9. The van der Waals surface area contributed by atoms with E-state index in [-0.39, 0.29) is 43.8 Å². The van der Waals surface area contributed by atoms with Crippen LogP contribution in [0.5, 0.6) is 17.2 Å². The fraction of sp³-hybridized carbons (Fsp3) is 0.674. The first-order valence-corrected chi connectivity index (χ1v) is 20.9. The fourth-order valence-corrected chi connectivity index (χ4v) is 7.77. The van der Waals surface area contributed by atoms with Crippen LogP contribution in [0.4, 0.5) is 0 Å². The normalized spacial score (nSPS) is 17.6. The van der Waals surface area contributed by atoms with Crippen LogP contribution < -0.4 is 14.2 Å². The van der Waals surface area contributed by atoms with Gasteiger partial charge in [0, 0.05) is 31.6 Å². The molecule has 0 unspecified atom stereocenters. The molecule has 1 saturated heterocycles. The number of amides is 1. The third-order valence-electron chi connectivity index (χ3n) is 10.9. The minimum atomic E-state index is -0.725. The molecule has 1 amide bonds. The zero-order chi connectivity index (χ0) is 39.3. The summed E-state index contributed by atoms with van der Waals surface area (Å²) >= 11 is 0. The van der Waals surface area contributed by atoms with E-state index in [1.54, 1.807) is 7.11 Å². The lowest BCUT2D eigenvalue weighted by Crippen LogP contribution is -2.42. The number of benzene rings is 2. The molecule has 0 radical (unpaired) electrons. The Hall–Kier alpha value is -4.06. The number of hydrogen-bond acceptors (Lipinski definition) is 10. The van der Waals surface area contributed by atoms with Crippen LogP contribution in [0.25, 0.3) is 0 Å². The van der Waals surface area contributed by atoms with E-state index in [4.69, 9.17) is 18.9 Å². The smallest absolute Gasteiger partial charge is 0.311 e. The first-order valence-electron chi connectivity index (χ1n) is 20.9. The van der Waals surface area contributed by atoms with E-state index in [2.05, 4.69) is 23.6 Å². The maximum atomic E-state index is 14.3. The van der Waals surface area contributed by atoms with Crippen LogP contribution >= 0.6 is 0 Å². The number of nitrogens with zero attached hydrogens (tertiary/aromatic N) is 3. The number of unbranched alkanes of at least 4 members (excludes halogenated alkanes) is 13. The summed E-state index contributed by atoms with van der Waals surface area (Å²) in [6.07, 6.45) is 16.8. The SMILES string of the molecule is CCCCN(CCCC)C(=O)CN1C[C@H](c2ccc3c(c2)OCO3)[C@@H](C(=O)OCCCCCCCCCCCCCCO[N+](=O)[O-])[C@@H]1c1ccc(OC)cc1. The van der Waals surface area contributed by atoms with Gasteiger partial charge in [0.05, 0.1) is 32.8 Å². The molecule has 2 aromatic rings. The van der Waals surface area contributed by atoms with E-state index in [0.29, 0.717) is 24.7 Å². The zero-order valence-corrected chi connectivity index (χ0v) is 33.6. The largest absolute Gasteiger partial charge is 0.497 e. The second kappa shape index (κ2) is 24.5. The van der Waals surface area contributed by atoms with Crippen LogP contribution in [-0.2, 0) is 19.2 Å². The van der Waals surface area contributed by atoms with Crippen molar-refractivity contribution in [3.63, 3.8) is 0 Å². The molecule has 0 saturated carbocycles. The number of esters is 1. The lowest BCUT2D eigenvalue weighted by atomic mass is 9.82. The molecule has 3 atom stereocenters. The van der Waals surface area contributed by atoms with Gasteiger partial charge in [-0.15, -0.1) is 10.1 Å². The summed E-state index contributed by atoms with van der Waals surface area (Å²) < 4.78 is 22.9. The van der Waals surface area contributed by atoms with Crippen LogP contribution in [0.1, 0.15) is 140 Å². The van der Waals surface area contributed by atoms with E-state index in [9.17, 15) is 19.7 Å². The molecule has 0 spiro atoms. The second-order valence-corrected chi connectivity index (χ2v) is 14.9. The molecule has 0 aromatic heterocycles.